The van der Waals surface area contributed by atoms with Gasteiger partial charge in [-0.05, 0) is 36.8 Å². The zero-order chi connectivity index (χ0) is 19.0. The maximum absolute atomic E-state index is 13.7. The largest absolute Gasteiger partial charge is 0.437 e. The topological polar surface area (TPSA) is 67.0 Å². The number of benzene rings is 3. The maximum atomic E-state index is 13.7. The van der Waals surface area contributed by atoms with Crippen LogP contribution >= 0.6 is 0 Å². The molecule has 5 nitrogen and oxygen atoms in total. The van der Waals surface area contributed by atoms with E-state index in [9.17, 15) is 4.79 Å². The first-order valence-electron chi connectivity index (χ1n) is 9.29. The number of carbonyl (C=O) groups excluding carboxylic acids is 1. The Balaban J connectivity index is 1.86. The monoisotopic (exact) mass is 367 g/mol. The molecule has 0 saturated carbocycles. The average Bonchev–Trinajstić information content (AvgIpc) is 3.20. The number of hydrogen-bond donors (Lipinski definition) is 2. The molecular formula is C23H17N3O2. The van der Waals surface area contributed by atoms with Gasteiger partial charge in [-0.2, -0.15) is 0 Å². The van der Waals surface area contributed by atoms with Gasteiger partial charge in [0.1, 0.15) is 11.2 Å². The molecule has 2 N–H and O–H groups in total. The van der Waals surface area contributed by atoms with Gasteiger partial charge in [-0.25, -0.2) is 0 Å². The summed E-state index contributed by atoms with van der Waals surface area (Å²) in [4.78, 5) is 13.7. The van der Waals surface area contributed by atoms with Crippen LogP contribution in [-0.2, 0) is 10.2 Å². The molecule has 2 aliphatic heterocycles. The number of aromatic amines is 1. The van der Waals surface area contributed by atoms with Crippen molar-refractivity contribution in [3.05, 3.63) is 82.5 Å². The number of rotatable bonds is 0. The van der Waals surface area contributed by atoms with E-state index in [-0.39, 0.29) is 5.91 Å². The summed E-state index contributed by atoms with van der Waals surface area (Å²) < 4.78 is 6.16. The molecule has 2 aliphatic rings. The first kappa shape index (κ1) is 15.5. The lowest BCUT2D eigenvalue weighted by atomic mass is 9.67. The third kappa shape index (κ3) is 1.67. The minimum absolute atomic E-state index is 0.0697. The summed E-state index contributed by atoms with van der Waals surface area (Å²) in [6, 6.07) is 18.2. The number of aryl methyl sites for hydroxylation is 2. The SMILES string of the molecule is Cc1ccc2c(c1)C1(C(=O)N2)c2c(n[nH]c2C)Oc2ccc3ccccc3c21. The fourth-order valence-electron chi connectivity index (χ4n) is 4.79. The van der Waals surface area contributed by atoms with Crippen LogP contribution in [0.15, 0.2) is 54.6 Å². The smallest absolute Gasteiger partial charge is 0.244 e. The first-order chi connectivity index (χ1) is 13.6. The first-order valence-corrected chi connectivity index (χ1v) is 9.29. The summed E-state index contributed by atoms with van der Waals surface area (Å²) in [7, 11) is 0. The fraction of sp³-hybridized carbons (Fsp3) is 0.130. The van der Waals surface area contributed by atoms with Gasteiger partial charge in [0.2, 0.25) is 11.8 Å². The molecule has 0 aliphatic carbocycles. The van der Waals surface area contributed by atoms with Crippen LogP contribution in [0.2, 0.25) is 0 Å². The fourth-order valence-corrected chi connectivity index (χ4v) is 4.79. The molecule has 6 rings (SSSR count). The summed E-state index contributed by atoms with van der Waals surface area (Å²) in [5.74, 6) is 1.06. The highest BCUT2D eigenvalue weighted by Crippen LogP contribution is 2.58. The number of fused-ring (bicyclic) bond motifs is 8. The Labute approximate surface area is 161 Å². The van der Waals surface area contributed by atoms with Crippen molar-refractivity contribution in [2.24, 2.45) is 0 Å². The Morgan fingerprint density at radius 3 is 2.75 bits per heavy atom. The van der Waals surface area contributed by atoms with Crippen molar-refractivity contribution in [1.82, 2.24) is 10.2 Å². The van der Waals surface area contributed by atoms with Crippen LogP contribution in [-0.4, -0.2) is 16.1 Å². The summed E-state index contributed by atoms with van der Waals surface area (Å²) >= 11 is 0. The highest BCUT2D eigenvalue weighted by molar-refractivity contribution is 6.15. The molecular weight excluding hydrogens is 350 g/mol. The van der Waals surface area contributed by atoms with E-state index < -0.39 is 5.41 Å². The van der Waals surface area contributed by atoms with Gasteiger partial charge in [0, 0.05) is 22.5 Å². The lowest BCUT2D eigenvalue weighted by Gasteiger charge is -2.35. The molecule has 3 aromatic carbocycles. The van der Waals surface area contributed by atoms with Crippen molar-refractivity contribution in [3.8, 4) is 11.6 Å². The molecule has 3 heterocycles. The number of H-pyrrole nitrogens is 1. The van der Waals surface area contributed by atoms with E-state index in [1.165, 1.54) is 0 Å². The van der Waals surface area contributed by atoms with Crippen LogP contribution < -0.4 is 10.1 Å². The van der Waals surface area contributed by atoms with Gasteiger partial charge >= 0.3 is 0 Å². The molecule has 5 heteroatoms. The predicted molar refractivity (Wildman–Crippen MR) is 107 cm³/mol. The van der Waals surface area contributed by atoms with Gasteiger partial charge in [-0.15, -0.1) is 5.10 Å². The molecule has 1 aromatic heterocycles. The zero-order valence-corrected chi connectivity index (χ0v) is 15.5. The van der Waals surface area contributed by atoms with E-state index in [1.807, 2.05) is 50.2 Å². The van der Waals surface area contributed by atoms with Crippen LogP contribution in [0.1, 0.15) is 27.9 Å². The van der Waals surface area contributed by atoms with Crippen molar-refractivity contribution in [3.63, 3.8) is 0 Å². The van der Waals surface area contributed by atoms with Crippen LogP contribution in [0.25, 0.3) is 10.8 Å². The Bertz CT molecular complexity index is 1320. The molecule has 1 atom stereocenters. The molecule has 1 amide bonds. The number of carbonyl (C=O) groups is 1. The van der Waals surface area contributed by atoms with E-state index >= 15 is 0 Å². The highest BCUT2D eigenvalue weighted by Gasteiger charge is 2.57. The molecule has 0 radical (unpaired) electrons. The van der Waals surface area contributed by atoms with E-state index in [0.717, 1.165) is 44.4 Å². The van der Waals surface area contributed by atoms with E-state index in [2.05, 4.69) is 33.7 Å². The summed E-state index contributed by atoms with van der Waals surface area (Å²) in [5.41, 5.74) is 4.39. The number of anilines is 1. The van der Waals surface area contributed by atoms with E-state index in [0.29, 0.717) is 11.6 Å². The van der Waals surface area contributed by atoms with Gasteiger partial charge in [0.15, 0.2) is 0 Å². The Hall–Kier alpha value is -3.60. The molecule has 1 unspecified atom stereocenters. The number of ether oxygens (including phenoxy) is 1. The lowest BCUT2D eigenvalue weighted by molar-refractivity contribution is -0.118. The van der Waals surface area contributed by atoms with Gasteiger partial charge in [-0.3, -0.25) is 9.89 Å². The normalized spacial score (nSPS) is 19.1. The van der Waals surface area contributed by atoms with Crippen molar-refractivity contribution in [2.75, 3.05) is 5.32 Å². The Morgan fingerprint density at radius 1 is 1.00 bits per heavy atom. The van der Waals surface area contributed by atoms with Crippen LogP contribution in [0.5, 0.6) is 11.6 Å². The number of amides is 1. The minimum atomic E-state index is -0.998. The Morgan fingerprint density at radius 2 is 1.86 bits per heavy atom. The number of hydrogen-bond acceptors (Lipinski definition) is 3. The lowest BCUT2D eigenvalue weighted by Crippen LogP contribution is -2.40. The second kappa shape index (κ2) is 5.01. The molecule has 0 bridgehead atoms. The van der Waals surface area contributed by atoms with E-state index in [1.54, 1.807) is 0 Å². The van der Waals surface area contributed by atoms with Crippen molar-refractivity contribution < 1.29 is 9.53 Å². The van der Waals surface area contributed by atoms with Crippen LogP contribution in [0.4, 0.5) is 5.69 Å². The van der Waals surface area contributed by atoms with Crippen molar-refractivity contribution >= 4 is 22.4 Å². The number of nitrogens with zero attached hydrogens (tertiary/aromatic N) is 1. The van der Waals surface area contributed by atoms with E-state index in [4.69, 9.17) is 4.74 Å². The average molecular weight is 367 g/mol. The highest BCUT2D eigenvalue weighted by atomic mass is 16.5. The summed E-state index contributed by atoms with van der Waals surface area (Å²) in [6.45, 7) is 3.98. The Kier molecular flexibility index (Phi) is 2.77. The van der Waals surface area contributed by atoms with Crippen LogP contribution in [0.3, 0.4) is 0 Å². The maximum Gasteiger partial charge on any atom is 0.244 e. The van der Waals surface area contributed by atoms with Gasteiger partial charge in [-0.1, -0.05) is 48.0 Å². The summed E-state index contributed by atoms with van der Waals surface area (Å²) in [5, 5.41) is 12.6. The van der Waals surface area contributed by atoms with Crippen molar-refractivity contribution in [2.45, 2.75) is 19.3 Å². The van der Waals surface area contributed by atoms with Crippen LogP contribution in [0, 0.1) is 13.8 Å². The van der Waals surface area contributed by atoms with Crippen molar-refractivity contribution in [1.29, 1.82) is 0 Å². The quantitative estimate of drug-likeness (QED) is 0.478. The zero-order valence-electron chi connectivity index (χ0n) is 15.5. The third-order valence-corrected chi connectivity index (χ3v) is 5.93. The minimum Gasteiger partial charge on any atom is -0.437 e. The molecule has 4 aromatic rings. The standard InChI is InChI=1S/C23H17N3O2/c1-12-7-9-17-16(11-12)23(22(27)24-17)19-13(2)25-26-21(19)28-18-10-8-14-5-3-4-6-15(14)20(18)23/h3-11H,1-2H3,(H,24,27)(H,25,26). The molecule has 0 saturated heterocycles. The number of nitrogens with one attached hydrogen (secondary N) is 2. The second-order valence-corrected chi connectivity index (χ2v) is 7.54. The van der Waals surface area contributed by atoms with Gasteiger partial charge in [0.25, 0.3) is 0 Å². The molecule has 28 heavy (non-hydrogen) atoms. The molecule has 0 fully saturated rings. The molecule has 136 valence electrons. The van der Waals surface area contributed by atoms with Gasteiger partial charge < -0.3 is 10.1 Å². The molecule has 1 spiro atoms. The van der Waals surface area contributed by atoms with Gasteiger partial charge in [0.05, 0.1) is 5.56 Å². The summed E-state index contributed by atoms with van der Waals surface area (Å²) in [6.07, 6.45) is 0. The number of aromatic nitrogens is 2. The second-order valence-electron chi connectivity index (χ2n) is 7.54. The predicted octanol–water partition coefficient (Wildman–Crippen LogP) is 4.57. The third-order valence-electron chi connectivity index (χ3n) is 5.93.